The van der Waals surface area contributed by atoms with Crippen LogP contribution in [0.4, 0.5) is 5.69 Å². The Kier molecular flexibility index (Phi) is 4.60. The van der Waals surface area contributed by atoms with Crippen LogP contribution in [0.1, 0.15) is 21.7 Å². The lowest BCUT2D eigenvalue weighted by Gasteiger charge is -2.31. The third-order valence-corrected chi connectivity index (χ3v) is 5.00. The van der Waals surface area contributed by atoms with Crippen LogP contribution in [0.2, 0.25) is 0 Å². The second-order valence-corrected chi connectivity index (χ2v) is 6.62. The number of nitrogens with two attached hydrogens (primary N) is 1. The number of furan rings is 1. The predicted octanol–water partition coefficient (Wildman–Crippen LogP) is 3.15. The van der Waals surface area contributed by atoms with Gasteiger partial charge in [0.25, 0.3) is 0 Å². The molecule has 2 heterocycles. The van der Waals surface area contributed by atoms with Crippen molar-refractivity contribution in [1.82, 2.24) is 0 Å². The van der Waals surface area contributed by atoms with E-state index in [0.717, 1.165) is 22.5 Å². The number of anilines is 1. The third kappa shape index (κ3) is 3.17. The number of rotatable bonds is 4. The van der Waals surface area contributed by atoms with Crippen molar-refractivity contribution in [2.45, 2.75) is 12.1 Å². The van der Waals surface area contributed by atoms with E-state index < -0.39 is 6.04 Å². The molecule has 2 unspecified atom stereocenters. The monoisotopic (exact) mass is 359 g/mol. The number of ketones is 1. The summed E-state index contributed by atoms with van der Waals surface area (Å²) in [4.78, 5) is 19.7. The summed E-state index contributed by atoms with van der Waals surface area (Å²) in [7, 11) is 1.96. The van der Waals surface area contributed by atoms with Crippen LogP contribution in [0.3, 0.4) is 0 Å². The molecule has 5 heteroatoms. The van der Waals surface area contributed by atoms with Crippen molar-refractivity contribution in [1.29, 1.82) is 0 Å². The van der Waals surface area contributed by atoms with E-state index in [9.17, 15) is 4.79 Å². The Labute approximate surface area is 158 Å². The normalized spacial score (nSPS) is 17.6. The van der Waals surface area contributed by atoms with E-state index in [4.69, 9.17) is 15.1 Å². The molecule has 0 spiro atoms. The molecule has 1 aromatic heterocycles. The van der Waals surface area contributed by atoms with Crippen LogP contribution in [0.5, 0.6) is 0 Å². The van der Waals surface area contributed by atoms with Gasteiger partial charge < -0.3 is 15.1 Å². The zero-order valence-electron chi connectivity index (χ0n) is 15.1. The van der Waals surface area contributed by atoms with Crippen molar-refractivity contribution in [3.8, 4) is 0 Å². The standard InChI is InChI=1S/C22H21N3O2/c1-25-17-11-6-5-10-16(17)21(15-8-3-2-4-9-15)24-14-18(25)20(23)22(26)19-12-7-13-27-19/h2-13,18,20H,14,23H2,1H3. The Morgan fingerprint density at radius 1 is 1.11 bits per heavy atom. The van der Waals surface area contributed by atoms with E-state index in [0.29, 0.717) is 6.54 Å². The van der Waals surface area contributed by atoms with Gasteiger partial charge in [-0.3, -0.25) is 9.79 Å². The number of carbonyl (C=O) groups is 1. The van der Waals surface area contributed by atoms with Gasteiger partial charge in [0, 0.05) is 23.9 Å². The van der Waals surface area contributed by atoms with E-state index in [-0.39, 0.29) is 17.6 Å². The minimum Gasteiger partial charge on any atom is -0.461 e. The van der Waals surface area contributed by atoms with E-state index in [1.807, 2.05) is 55.6 Å². The van der Waals surface area contributed by atoms with Gasteiger partial charge >= 0.3 is 0 Å². The van der Waals surface area contributed by atoms with Crippen molar-refractivity contribution in [2.75, 3.05) is 18.5 Å². The highest BCUT2D eigenvalue weighted by Gasteiger charge is 2.33. The molecule has 5 nitrogen and oxygen atoms in total. The number of benzene rings is 2. The minimum absolute atomic E-state index is 0.215. The Hall–Kier alpha value is -3.18. The molecule has 0 saturated heterocycles. The summed E-state index contributed by atoms with van der Waals surface area (Å²) in [6.45, 7) is 0.420. The maximum atomic E-state index is 12.7. The predicted molar refractivity (Wildman–Crippen MR) is 107 cm³/mol. The summed E-state index contributed by atoms with van der Waals surface area (Å²) >= 11 is 0. The van der Waals surface area contributed by atoms with Crippen molar-refractivity contribution < 1.29 is 9.21 Å². The van der Waals surface area contributed by atoms with E-state index in [1.165, 1.54) is 6.26 Å². The fourth-order valence-electron chi connectivity index (χ4n) is 3.51. The fraction of sp³-hybridized carbons (Fsp3) is 0.182. The Bertz CT molecular complexity index is 964. The summed E-state index contributed by atoms with van der Waals surface area (Å²) in [5.41, 5.74) is 10.4. The molecule has 27 heavy (non-hydrogen) atoms. The molecule has 4 rings (SSSR count). The van der Waals surface area contributed by atoms with Crippen molar-refractivity contribution in [2.24, 2.45) is 10.7 Å². The van der Waals surface area contributed by atoms with Gasteiger partial charge in [0.2, 0.25) is 5.78 Å². The van der Waals surface area contributed by atoms with Crippen LogP contribution in [0.25, 0.3) is 0 Å². The van der Waals surface area contributed by atoms with Gasteiger partial charge in [0.05, 0.1) is 30.6 Å². The summed E-state index contributed by atoms with van der Waals surface area (Å²) in [6.07, 6.45) is 1.48. The SMILES string of the molecule is CN1c2ccccc2C(c2ccccc2)=NCC1C(N)C(=O)c1ccco1. The number of nitrogens with zero attached hydrogens (tertiary/aromatic N) is 2. The fourth-order valence-corrected chi connectivity index (χ4v) is 3.51. The largest absolute Gasteiger partial charge is 0.461 e. The quantitative estimate of drug-likeness (QED) is 0.727. The second kappa shape index (κ2) is 7.21. The molecule has 1 aliphatic heterocycles. The molecule has 136 valence electrons. The van der Waals surface area contributed by atoms with Crippen molar-refractivity contribution in [3.63, 3.8) is 0 Å². The zero-order valence-corrected chi connectivity index (χ0v) is 15.1. The molecular weight excluding hydrogens is 338 g/mol. The maximum Gasteiger partial charge on any atom is 0.216 e. The number of Topliss-reactive ketones (excluding diaryl/α,β-unsaturated/α-hetero) is 1. The number of aliphatic imine (C=N–C) groups is 1. The molecule has 0 amide bonds. The summed E-state index contributed by atoms with van der Waals surface area (Å²) < 4.78 is 5.25. The third-order valence-electron chi connectivity index (χ3n) is 5.00. The lowest BCUT2D eigenvalue weighted by Crippen LogP contribution is -2.52. The maximum absolute atomic E-state index is 12.7. The number of para-hydroxylation sites is 1. The highest BCUT2D eigenvalue weighted by molar-refractivity contribution is 6.16. The van der Waals surface area contributed by atoms with E-state index >= 15 is 0 Å². The van der Waals surface area contributed by atoms with Gasteiger partial charge in [-0.2, -0.15) is 0 Å². The van der Waals surface area contributed by atoms with Crippen LogP contribution in [0, 0.1) is 0 Å². The molecule has 0 aliphatic carbocycles. The number of likely N-dealkylation sites (N-methyl/N-ethyl adjacent to an activating group) is 1. The highest BCUT2D eigenvalue weighted by Crippen LogP contribution is 2.28. The van der Waals surface area contributed by atoms with Crippen LogP contribution in [-0.4, -0.2) is 37.2 Å². The number of hydrogen-bond acceptors (Lipinski definition) is 5. The van der Waals surface area contributed by atoms with Gasteiger partial charge in [-0.25, -0.2) is 0 Å². The van der Waals surface area contributed by atoms with Gasteiger partial charge in [-0.05, 0) is 18.2 Å². The van der Waals surface area contributed by atoms with Gasteiger partial charge in [0.1, 0.15) is 0 Å². The van der Waals surface area contributed by atoms with Gasteiger partial charge in [0.15, 0.2) is 5.76 Å². The van der Waals surface area contributed by atoms with Crippen LogP contribution in [0.15, 0.2) is 82.4 Å². The molecule has 0 fully saturated rings. The number of carbonyl (C=O) groups excluding carboxylic acids is 1. The summed E-state index contributed by atoms with van der Waals surface area (Å²) in [5, 5.41) is 0. The summed E-state index contributed by atoms with van der Waals surface area (Å²) in [6, 6.07) is 20.5. The number of hydrogen-bond donors (Lipinski definition) is 1. The summed E-state index contributed by atoms with van der Waals surface area (Å²) in [5.74, 6) is 0.0633. The highest BCUT2D eigenvalue weighted by atomic mass is 16.3. The first kappa shape index (κ1) is 17.2. The average molecular weight is 359 g/mol. The molecule has 1 aliphatic rings. The van der Waals surface area contributed by atoms with Crippen LogP contribution < -0.4 is 10.6 Å². The van der Waals surface area contributed by atoms with Crippen LogP contribution >= 0.6 is 0 Å². The lowest BCUT2D eigenvalue weighted by molar-refractivity contribution is 0.0922. The number of fused-ring (bicyclic) bond motifs is 1. The Morgan fingerprint density at radius 3 is 2.59 bits per heavy atom. The molecule has 2 aromatic carbocycles. The van der Waals surface area contributed by atoms with Crippen molar-refractivity contribution in [3.05, 3.63) is 89.9 Å². The molecule has 3 aromatic rings. The first-order chi connectivity index (χ1) is 13.2. The van der Waals surface area contributed by atoms with Gasteiger partial charge in [-0.1, -0.05) is 48.5 Å². The second-order valence-electron chi connectivity index (χ2n) is 6.62. The Balaban J connectivity index is 1.75. The average Bonchev–Trinajstić information content (AvgIpc) is 3.21. The lowest BCUT2D eigenvalue weighted by atomic mass is 9.99. The molecule has 2 N–H and O–H groups in total. The molecule has 0 radical (unpaired) electrons. The van der Waals surface area contributed by atoms with E-state index in [2.05, 4.69) is 11.0 Å². The first-order valence-corrected chi connectivity index (χ1v) is 8.92. The topological polar surface area (TPSA) is 71.8 Å². The Morgan fingerprint density at radius 2 is 1.85 bits per heavy atom. The zero-order chi connectivity index (χ0) is 18.8. The minimum atomic E-state index is -0.743. The van der Waals surface area contributed by atoms with Gasteiger partial charge in [-0.15, -0.1) is 0 Å². The van der Waals surface area contributed by atoms with Crippen LogP contribution in [-0.2, 0) is 0 Å². The molecule has 0 bridgehead atoms. The first-order valence-electron chi connectivity index (χ1n) is 8.92. The number of benzodiazepines with no additional fused rings is 1. The molecule has 0 saturated carbocycles. The van der Waals surface area contributed by atoms with E-state index in [1.54, 1.807) is 12.1 Å². The smallest absolute Gasteiger partial charge is 0.216 e. The molecular formula is C22H21N3O2. The molecule has 2 atom stereocenters. The van der Waals surface area contributed by atoms with Crippen molar-refractivity contribution >= 4 is 17.2 Å².